The maximum atomic E-state index is 11.1. The van der Waals surface area contributed by atoms with E-state index in [-0.39, 0.29) is 18.1 Å². The number of carboxylic acid groups (broad SMARTS) is 1. The Labute approximate surface area is 107 Å². The van der Waals surface area contributed by atoms with Crippen LogP contribution < -0.4 is 5.32 Å². The van der Waals surface area contributed by atoms with Crippen LogP contribution in [-0.2, 0) is 14.3 Å². The highest BCUT2D eigenvalue weighted by molar-refractivity contribution is 5.82. The topological polar surface area (TPSA) is 78.9 Å². The van der Waals surface area contributed by atoms with Crippen molar-refractivity contribution in [3.8, 4) is 0 Å². The van der Waals surface area contributed by atoms with Crippen molar-refractivity contribution in [2.24, 2.45) is 0 Å². The quantitative estimate of drug-likeness (QED) is 0.730. The Morgan fingerprint density at radius 1 is 1.56 bits per heavy atom. The average molecular weight is 258 g/mol. The zero-order chi connectivity index (χ0) is 13.7. The summed E-state index contributed by atoms with van der Waals surface area (Å²) in [5.74, 6) is -1.31. The van der Waals surface area contributed by atoms with Crippen LogP contribution in [0, 0.1) is 0 Å². The lowest BCUT2D eigenvalue weighted by Crippen LogP contribution is -2.52. The number of carboxylic acids is 1. The van der Waals surface area contributed by atoms with Crippen molar-refractivity contribution in [3.63, 3.8) is 0 Å². The van der Waals surface area contributed by atoms with E-state index in [1.807, 2.05) is 0 Å². The van der Waals surface area contributed by atoms with Gasteiger partial charge in [-0.1, -0.05) is 0 Å². The van der Waals surface area contributed by atoms with Crippen LogP contribution >= 0.6 is 0 Å². The molecule has 1 heterocycles. The molecule has 0 aromatic rings. The highest BCUT2D eigenvalue weighted by Gasteiger charge is 2.29. The Balaban J connectivity index is 2.54. The normalized spacial score (nSPS) is 26.6. The van der Waals surface area contributed by atoms with Gasteiger partial charge in [-0.25, -0.2) is 4.79 Å². The Hall–Kier alpha value is -1.14. The van der Waals surface area contributed by atoms with Crippen molar-refractivity contribution in [2.75, 3.05) is 20.2 Å². The molecule has 18 heavy (non-hydrogen) atoms. The minimum Gasteiger partial charge on any atom is -0.480 e. The van der Waals surface area contributed by atoms with E-state index in [4.69, 9.17) is 9.84 Å². The van der Waals surface area contributed by atoms with E-state index in [9.17, 15) is 9.59 Å². The summed E-state index contributed by atoms with van der Waals surface area (Å²) in [5, 5.41) is 11.5. The van der Waals surface area contributed by atoms with Crippen LogP contribution in [0.2, 0.25) is 0 Å². The van der Waals surface area contributed by atoms with Crippen LogP contribution in [0.15, 0.2) is 0 Å². The molecule has 0 aliphatic carbocycles. The third-order valence-electron chi connectivity index (χ3n) is 3.39. The lowest BCUT2D eigenvalue weighted by molar-refractivity contribution is -0.142. The maximum absolute atomic E-state index is 11.1. The summed E-state index contributed by atoms with van der Waals surface area (Å²) >= 11 is 0. The SMILES string of the molecule is COC1CCN(CC(NC(C)=O)C(=O)O)C(C)C1. The number of carbonyl (C=O) groups is 2. The van der Waals surface area contributed by atoms with Crippen molar-refractivity contribution in [3.05, 3.63) is 0 Å². The standard InChI is InChI=1S/C12H22N2O4/c1-8-6-10(18-3)4-5-14(8)7-11(12(16)17)13-9(2)15/h8,10-11H,4-7H2,1-3H3,(H,13,15)(H,16,17). The Kier molecular flexibility index (Phi) is 5.55. The number of methoxy groups -OCH3 is 1. The Morgan fingerprint density at radius 2 is 2.22 bits per heavy atom. The molecule has 0 aromatic heterocycles. The zero-order valence-corrected chi connectivity index (χ0v) is 11.2. The summed E-state index contributed by atoms with van der Waals surface area (Å²) in [6, 6.07) is -0.580. The molecule has 104 valence electrons. The summed E-state index contributed by atoms with van der Waals surface area (Å²) in [4.78, 5) is 24.1. The number of nitrogens with zero attached hydrogens (tertiary/aromatic N) is 1. The fourth-order valence-electron chi connectivity index (χ4n) is 2.33. The van der Waals surface area contributed by atoms with Gasteiger partial charge in [0.05, 0.1) is 6.10 Å². The van der Waals surface area contributed by atoms with Gasteiger partial charge in [-0.05, 0) is 19.8 Å². The van der Waals surface area contributed by atoms with Gasteiger partial charge in [0.1, 0.15) is 6.04 Å². The van der Waals surface area contributed by atoms with Gasteiger partial charge in [0.2, 0.25) is 5.91 Å². The molecule has 3 atom stereocenters. The van der Waals surface area contributed by atoms with Gasteiger partial charge in [0, 0.05) is 33.2 Å². The van der Waals surface area contributed by atoms with Crippen molar-refractivity contribution < 1.29 is 19.4 Å². The lowest BCUT2D eigenvalue weighted by Gasteiger charge is -2.38. The third kappa shape index (κ3) is 4.27. The van der Waals surface area contributed by atoms with Crippen LogP contribution in [0.3, 0.4) is 0 Å². The van der Waals surface area contributed by atoms with Crippen LogP contribution in [0.5, 0.6) is 0 Å². The predicted octanol–water partition coefficient (Wildman–Crippen LogP) is 0.0750. The molecule has 3 unspecified atom stereocenters. The molecular weight excluding hydrogens is 236 g/mol. The van der Waals surface area contributed by atoms with Gasteiger partial charge >= 0.3 is 5.97 Å². The number of piperidine rings is 1. The molecule has 1 amide bonds. The number of carbonyl (C=O) groups excluding carboxylic acids is 1. The van der Waals surface area contributed by atoms with E-state index in [1.54, 1.807) is 7.11 Å². The first-order chi connectivity index (χ1) is 8.43. The van der Waals surface area contributed by atoms with E-state index in [0.29, 0.717) is 6.54 Å². The van der Waals surface area contributed by atoms with Crippen LogP contribution in [0.1, 0.15) is 26.7 Å². The first-order valence-corrected chi connectivity index (χ1v) is 6.20. The van der Waals surface area contributed by atoms with Crippen molar-refractivity contribution in [1.29, 1.82) is 0 Å². The molecule has 1 fully saturated rings. The lowest BCUT2D eigenvalue weighted by atomic mass is 10.00. The molecule has 6 nitrogen and oxygen atoms in total. The van der Waals surface area contributed by atoms with E-state index in [0.717, 1.165) is 19.4 Å². The molecule has 1 saturated heterocycles. The number of hydrogen-bond donors (Lipinski definition) is 2. The molecule has 0 radical (unpaired) electrons. The van der Waals surface area contributed by atoms with E-state index in [1.165, 1.54) is 6.92 Å². The number of hydrogen-bond acceptors (Lipinski definition) is 4. The molecule has 0 aromatic carbocycles. The number of amides is 1. The fraction of sp³-hybridized carbons (Fsp3) is 0.833. The minimum absolute atomic E-state index is 0.250. The molecule has 2 N–H and O–H groups in total. The van der Waals surface area contributed by atoms with Gasteiger partial charge in [0.15, 0.2) is 0 Å². The largest absolute Gasteiger partial charge is 0.480 e. The summed E-state index contributed by atoms with van der Waals surface area (Å²) in [5.41, 5.74) is 0. The second kappa shape index (κ2) is 6.70. The summed E-state index contributed by atoms with van der Waals surface area (Å²) in [7, 11) is 1.70. The van der Waals surface area contributed by atoms with Gasteiger partial charge in [-0.2, -0.15) is 0 Å². The summed E-state index contributed by atoms with van der Waals surface area (Å²) in [6.07, 6.45) is 2.04. The molecule has 0 bridgehead atoms. The highest BCUT2D eigenvalue weighted by Crippen LogP contribution is 2.19. The van der Waals surface area contributed by atoms with E-state index in [2.05, 4.69) is 17.1 Å². The molecule has 6 heteroatoms. The third-order valence-corrected chi connectivity index (χ3v) is 3.39. The highest BCUT2D eigenvalue weighted by atomic mass is 16.5. The second-order valence-corrected chi connectivity index (χ2v) is 4.82. The van der Waals surface area contributed by atoms with Gasteiger partial charge in [-0.3, -0.25) is 9.69 Å². The van der Waals surface area contributed by atoms with E-state index >= 15 is 0 Å². The van der Waals surface area contributed by atoms with Gasteiger partial charge < -0.3 is 15.2 Å². The van der Waals surface area contributed by atoms with Gasteiger partial charge in [-0.15, -0.1) is 0 Å². The molecular formula is C12H22N2O4. The van der Waals surface area contributed by atoms with Crippen molar-refractivity contribution in [2.45, 2.75) is 44.9 Å². The average Bonchev–Trinajstić information content (AvgIpc) is 2.29. The Bertz CT molecular complexity index is 308. The molecule has 0 spiro atoms. The predicted molar refractivity (Wildman–Crippen MR) is 66.3 cm³/mol. The zero-order valence-electron chi connectivity index (χ0n) is 11.2. The summed E-state index contributed by atoms with van der Waals surface area (Å²) in [6.45, 7) is 4.52. The van der Waals surface area contributed by atoms with Gasteiger partial charge in [0.25, 0.3) is 0 Å². The monoisotopic (exact) mass is 258 g/mol. The van der Waals surface area contributed by atoms with Crippen molar-refractivity contribution in [1.82, 2.24) is 10.2 Å². The second-order valence-electron chi connectivity index (χ2n) is 4.82. The van der Waals surface area contributed by atoms with Crippen LogP contribution in [-0.4, -0.2) is 60.3 Å². The van der Waals surface area contributed by atoms with Crippen molar-refractivity contribution >= 4 is 11.9 Å². The minimum atomic E-state index is -0.994. The number of rotatable bonds is 5. The maximum Gasteiger partial charge on any atom is 0.327 e. The number of likely N-dealkylation sites (tertiary alicyclic amines) is 1. The first kappa shape index (κ1) is 14.9. The van der Waals surface area contributed by atoms with E-state index < -0.39 is 12.0 Å². The molecule has 1 aliphatic rings. The molecule has 1 aliphatic heterocycles. The number of nitrogens with one attached hydrogen (secondary N) is 1. The van der Waals surface area contributed by atoms with Crippen LogP contribution in [0.25, 0.3) is 0 Å². The molecule has 1 rings (SSSR count). The van der Waals surface area contributed by atoms with Crippen LogP contribution in [0.4, 0.5) is 0 Å². The Morgan fingerprint density at radius 3 is 2.67 bits per heavy atom. The summed E-state index contributed by atoms with van der Waals surface area (Å²) < 4.78 is 5.31. The number of aliphatic carboxylic acids is 1. The molecule has 0 saturated carbocycles. The number of ether oxygens (including phenoxy) is 1. The smallest absolute Gasteiger partial charge is 0.327 e. The fourth-order valence-corrected chi connectivity index (χ4v) is 2.33. The first-order valence-electron chi connectivity index (χ1n) is 6.20.